The van der Waals surface area contributed by atoms with Crippen molar-refractivity contribution in [3.8, 4) is 6.07 Å². The van der Waals surface area contributed by atoms with E-state index in [2.05, 4.69) is 15.9 Å². The molecule has 0 bridgehead atoms. The molecule has 0 unspecified atom stereocenters. The molecule has 0 aliphatic carbocycles. The molecule has 0 fully saturated rings. The van der Waals surface area contributed by atoms with Crippen molar-refractivity contribution in [3.05, 3.63) is 33.3 Å². The maximum absolute atomic E-state index is 11.6. The summed E-state index contributed by atoms with van der Waals surface area (Å²) in [5.41, 5.74) is 1.44. The SMILES string of the molecule is CCOC(=O)c1c(Br)ccc(C)c1C#N. The highest BCUT2D eigenvalue weighted by molar-refractivity contribution is 9.10. The smallest absolute Gasteiger partial charge is 0.340 e. The molecule has 0 atom stereocenters. The molecule has 4 heteroatoms. The van der Waals surface area contributed by atoms with Gasteiger partial charge in [0.25, 0.3) is 0 Å². The van der Waals surface area contributed by atoms with E-state index in [9.17, 15) is 4.79 Å². The Labute approximate surface area is 96.8 Å². The number of carbonyl (C=O) groups is 1. The summed E-state index contributed by atoms with van der Waals surface area (Å²) < 4.78 is 5.47. The van der Waals surface area contributed by atoms with Crippen LogP contribution < -0.4 is 0 Å². The van der Waals surface area contributed by atoms with Gasteiger partial charge in [-0.3, -0.25) is 0 Å². The lowest BCUT2D eigenvalue weighted by molar-refractivity contribution is 0.0525. The van der Waals surface area contributed by atoms with Gasteiger partial charge in [-0.15, -0.1) is 0 Å². The number of nitrogens with zero attached hydrogens (tertiary/aromatic N) is 1. The second-order valence-electron chi connectivity index (χ2n) is 2.95. The van der Waals surface area contributed by atoms with Gasteiger partial charge in [0.15, 0.2) is 0 Å². The highest BCUT2D eigenvalue weighted by Crippen LogP contribution is 2.24. The quantitative estimate of drug-likeness (QED) is 0.775. The van der Waals surface area contributed by atoms with Gasteiger partial charge in [-0.2, -0.15) is 5.26 Å². The molecular formula is C11H10BrNO2. The fraction of sp³-hybridized carbons (Fsp3) is 0.273. The normalized spacial score (nSPS) is 9.47. The molecule has 0 saturated carbocycles. The number of nitriles is 1. The Morgan fingerprint density at radius 2 is 2.27 bits per heavy atom. The molecule has 0 aromatic heterocycles. The topological polar surface area (TPSA) is 50.1 Å². The summed E-state index contributed by atoms with van der Waals surface area (Å²) in [7, 11) is 0. The predicted molar refractivity (Wildman–Crippen MR) is 59.6 cm³/mol. The summed E-state index contributed by atoms with van der Waals surface area (Å²) >= 11 is 3.24. The molecule has 3 nitrogen and oxygen atoms in total. The van der Waals surface area contributed by atoms with Gasteiger partial charge in [-0.25, -0.2) is 4.79 Å². The number of hydrogen-bond acceptors (Lipinski definition) is 3. The second-order valence-corrected chi connectivity index (χ2v) is 3.80. The van der Waals surface area contributed by atoms with Crippen LogP contribution in [0.15, 0.2) is 16.6 Å². The zero-order valence-electron chi connectivity index (χ0n) is 8.50. The molecule has 0 aliphatic rings. The molecule has 0 radical (unpaired) electrons. The van der Waals surface area contributed by atoms with Crippen LogP contribution in [0, 0.1) is 18.3 Å². The highest BCUT2D eigenvalue weighted by atomic mass is 79.9. The Bertz CT molecular complexity index is 435. The van der Waals surface area contributed by atoms with Crippen LogP contribution in [0.1, 0.15) is 28.4 Å². The number of aryl methyl sites for hydroxylation is 1. The third-order valence-corrected chi connectivity index (χ3v) is 2.62. The number of rotatable bonds is 2. The monoisotopic (exact) mass is 267 g/mol. The Balaban J connectivity index is 3.33. The van der Waals surface area contributed by atoms with E-state index < -0.39 is 5.97 Å². The molecule has 0 saturated heterocycles. The first kappa shape index (κ1) is 11.7. The van der Waals surface area contributed by atoms with Crippen LogP contribution in [0.2, 0.25) is 0 Å². The van der Waals surface area contributed by atoms with Crippen LogP contribution in [0.4, 0.5) is 0 Å². The van der Waals surface area contributed by atoms with Crippen molar-refractivity contribution in [3.63, 3.8) is 0 Å². The van der Waals surface area contributed by atoms with E-state index >= 15 is 0 Å². The first-order valence-electron chi connectivity index (χ1n) is 4.48. The summed E-state index contributed by atoms with van der Waals surface area (Å²) in [6.45, 7) is 3.81. The minimum absolute atomic E-state index is 0.296. The molecule has 0 heterocycles. The number of esters is 1. The lowest BCUT2D eigenvalue weighted by atomic mass is 10.0. The minimum Gasteiger partial charge on any atom is -0.462 e. The maximum atomic E-state index is 11.6. The highest BCUT2D eigenvalue weighted by Gasteiger charge is 2.17. The van der Waals surface area contributed by atoms with E-state index in [4.69, 9.17) is 10.00 Å². The van der Waals surface area contributed by atoms with Crippen molar-refractivity contribution < 1.29 is 9.53 Å². The van der Waals surface area contributed by atoms with Crippen LogP contribution in [0.25, 0.3) is 0 Å². The van der Waals surface area contributed by atoms with Crippen LogP contribution in [-0.4, -0.2) is 12.6 Å². The van der Waals surface area contributed by atoms with Gasteiger partial charge in [-0.05, 0) is 41.4 Å². The van der Waals surface area contributed by atoms with Gasteiger partial charge in [0.05, 0.1) is 17.7 Å². The molecule has 1 aromatic carbocycles. The number of hydrogen-bond donors (Lipinski definition) is 0. The third kappa shape index (κ3) is 2.37. The standard InChI is InChI=1S/C11H10BrNO2/c1-3-15-11(14)10-8(6-13)7(2)4-5-9(10)12/h4-5H,3H2,1-2H3. The van der Waals surface area contributed by atoms with Gasteiger partial charge in [0.1, 0.15) is 6.07 Å². The van der Waals surface area contributed by atoms with Gasteiger partial charge in [0, 0.05) is 4.47 Å². The van der Waals surface area contributed by atoms with Crippen LogP contribution in [0.3, 0.4) is 0 Å². The summed E-state index contributed by atoms with van der Waals surface area (Å²) in [5.74, 6) is -0.468. The number of halogens is 1. The molecule has 0 spiro atoms. The largest absolute Gasteiger partial charge is 0.462 e. The van der Waals surface area contributed by atoms with E-state index in [1.54, 1.807) is 26.0 Å². The molecular weight excluding hydrogens is 258 g/mol. The minimum atomic E-state index is -0.468. The third-order valence-electron chi connectivity index (χ3n) is 1.95. The molecule has 0 amide bonds. The summed E-state index contributed by atoms with van der Waals surface area (Å²) in [6.07, 6.45) is 0. The summed E-state index contributed by atoms with van der Waals surface area (Å²) in [5, 5.41) is 8.96. The van der Waals surface area contributed by atoms with Gasteiger partial charge in [0.2, 0.25) is 0 Å². The molecule has 78 valence electrons. The van der Waals surface area contributed by atoms with Crippen LogP contribution in [-0.2, 0) is 4.74 Å². The Morgan fingerprint density at radius 1 is 1.60 bits per heavy atom. The molecule has 0 N–H and O–H groups in total. The van der Waals surface area contributed by atoms with E-state index in [0.717, 1.165) is 5.56 Å². The fourth-order valence-electron chi connectivity index (χ4n) is 1.23. The van der Waals surface area contributed by atoms with Crippen molar-refractivity contribution in [2.75, 3.05) is 6.61 Å². The second kappa shape index (κ2) is 4.94. The average molecular weight is 268 g/mol. The average Bonchev–Trinajstić information content (AvgIpc) is 2.21. The Kier molecular flexibility index (Phi) is 3.87. The first-order valence-corrected chi connectivity index (χ1v) is 5.27. The van der Waals surface area contributed by atoms with E-state index in [0.29, 0.717) is 22.2 Å². The van der Waals surface area contributed by atoms with Crippen molar-refractivity contribution in [1.82, 2.24) is 0 Å². The van der Waals surface area contributed by atoms with Gasteiger partial charge < -0.3 is 4.74 Å². The number of ether oxygens (including phenoxy) is 1. The van der Waals surface area contributed by atoms with E-state index in [1.165, 1.54) is 0 Å². The fourth-order valence-corrected chi connectivity index (χ4v) is 1.72. The van der Waals surface area contributed by atoms with Crippen molar-refractivity contribution in [1.29, 1.82) is 5.26 Å². The molecule has 0 aliphatic heterocycles. The zero-order chi connectivity index (χ0) is 11.4. The summed E-state index contributed by atoms with van der Waals surface area (Å²) in [4.78, 5) is 11.6. The van der Waals surface area contributed by atoms with Crippen molar-refractivity contribution in [2.24, 2.45) is 0 Å². The Hall–Kier alpha value is -1.34. The van der Waals surface area contributed by atoms with Gasteiger partial charge in [-0.1, -0.05) is 6.07 Å². The predicted octanol–water partition coefficient (Wildman–Crippen LogP) is 2.81. The van der Waals surface area contributed by atoms with Gasteiger partial charge >= 0.3 is 5.97 Å². The number of benzene rings is 1. The van der Waals surface area contributed by atoms with E-state index in [1.807, 2.05) is 6.07 Å². The summed E-state index contributed by atoms with van der Waals surface area (Å²) in [6, 6.07) is 5.53. The van der Waals surface area contributed by atoms with Crippen molar-refractivity contribution >= 4 is 21.9 Å². The van der Waals surface area contributed by atoms with E-state index in [-0.39, 0.29) is 0 Å². The molecule has 1 rings (SSSR count). The lowest BCUT2D eigenvalue weighted by Crippen LogP contribution is -2.09. The maximum Gasteiger partial charge on any atom is 0.340 e. The molecule has 1 aromatic rings. The van der Waals surface area contributed by atoms with Crippen LogP contribution >= 0.6 is 15.9 Å². The number of carbonyl (C=O) groups excluding carboxylic acids is 1. The lowest BCUT2D eigenvalue weighted by Gasteiger charge is -2.07. The molecule has 15 heavy (non-hydrogen) atoms. The zero-order valence-corrected chi connectivity index (χ0v) is 10.1. The van der Waals surface area contributed by atoms with Crippen LogP contribution in [0.5, 0.6) is 0 Å². The Morgan fingerprint density at radius 3 is 2.80 bits per heavy atom. The van der Waals surface area contributed by atoms with Crippen molar-refractivity contribution in [2.45, 2.75) is 13.8 Å². The first-order chi connectivity index (χ1) is 7.11.